The van der Waals surface area contributed by atoms with E-state index in [2.05, 4.69) is 4.72 Å². The fourth-order valence-corrected chi connectivity index (χ4v) is 4.93. The number of hydrogen-bond donors (Lipinski definition) is 1. The molecule has 0 spiro atoms. The molecule has 0 aromatic heterocycles. The van der Waals surface area contributed by atoms with E-state index in [1.54, 1.807) is 14.2 Å². The fraction of sp³-hybridized carbons (Fsp3) is 0.429. The first-order valence-electron chi connectivity index (χ1n) is 8.91. The van der Waals surface area contributed by atoms with Crippen LogP contribution >= 0.6 is 0 Å². The molecule has 0 fully saturated rings. The van der Waals surface area contributed by atoms with E-state index in [1.807, 2.05) is 52.8 Å². The van der Waals surface area contributed by atoms with Gasteiger partial charge in [-0.2, -0.15) is 0 Å². The molecule has 0 aliphatic rings. The first kappa shape index (κ1) is 21.3. The standard InChI is InChI=1S/C21H29NO4S/c1-13-14(2)16(4)21(17(5)15(13)3)27(23,24)22-11-10-18-8-9-19(25-6)20(12-18)26-7/h8-9,12,22H,10-11H2,1-7H3. The van der Waals surface area contributed by atoms with Crippen molar-refractivity contribution in [3.63, 3.8) is 0 Å². The molecule has 0 saturated carbocycles. The summed E-state index contributed by atoms with van der Waals surface area (Å²) in [6.07, 6.45) is 0.557. The lowest BCUT2D eigenvalue weighted by Crippen LogP contribution is -2.28. The number of ether oxygens (including phenoxy) is 2. The van der Waals surface area contributed by atoms with Gasteiger partial charge in [-0.3, -0.25) is 0 Å². The first-order valence-corrected chi connectivity index (χ1v) is 10.4. The van der Waals surface area contributed by atoms with Crippen molar-refractivity contribution in [1.29, 1.82) is 0 Å². The molecular formula is C21H29NO4S. The Bertz CT molecular complexity index is 920. The van der Waals surface area contributed by atoms with Crippen LogP contribution in [0.2, 0.25) is 0 Å². The molecule has 2 aromatic rings. The zero-order valence-corrected chi connectivity index (χ0v) is 18.0. The van der Waals surface area contributed by atoms with Crippen LogP contribution in [0.4, 0.5) is 0 Å². The number of nitrogens with one attached hydrogen (secondary N) is 1. The zero-order valence-electron chi connectivity index (χ0n) is 17.2. The lowest BCUT2D eigenvalue weighted by molar-refractivity contribution is 0.354. The quantitative estimate of drug-likeness (QED) is 0.780. The van der Waals surface area contributed by atoms with Gasteiger partial charge in [-0.25, -0.2) is 13.1 Å². The van der Waals surface area contributed by atoms with E-state index < -0.39 is 10.0 Å². The topological polar surface area (TPSA) is 64.6 Å². The van der Waals surface area contributed by atoms with Gasteiger partial charge in [0, 0.05) is 6.54 Å². The monoisotopic (exact) mass is 391 g/mol. The van der Waals surface area contributed by atoms with Gasteiger partial charge in [0.25, 0.3) is 0 Å². The van der Waals surface area contributed by atoms with Gasteiger partial charge in [-0.1, -0.05) is 6.07 Å². The molecule has 0 radical (unpaired) electrons. The van der Waals surface area contributed by atoms with Crippen LogP contribution in [-0.4, -0.2) is 29.2 Å². The van der Waals surface area contributed by atoms with Crippen molar-refractivity contribution >= 4 is 10.0 Å². The summed E-state index contributed by atoms with van der Waals surface area (Å²) in [6.45, 7) is 10.0. The van der Waals surface area contributed by atoms with Gasteiger partial charge in [0.2, 0.25) is 10.0 Å². The number of rotatable bonds is 7. The summed E-state index contributed by atoms with van der Waals surface area (Å²) in [7, 11) is -0.421. The summed E-state index contributed by atoms with van der Waals surface area (Å²) in [5.74, 6) is 1.29. The highest BCUT2D eigenvalue weighted by atomic mass is 32.2. The van der Waals surface area contributed by atoms with Crippen LogP contribution in [0.5, 0.6) is 11.5 Å². The SMILES string of the molecule is COc1ccc(CCNS(=O)(=O)c2c(C)c(C)c(C)c(C)c2C)cc1OC. The number of benzene rings is 2. The van der Waals surface area contributed by atoms with Gasteiger partial charge in [-0.05, 0) is 86.6 Å². The lowest BCUT2D eigenvalue weighted by atomic mass is 9.95. The third-order valence-corrected chi connectivity index (χ3v) is 7.09. The average Bonchev–Trinajstić information content (AvgIpc) is 2.64. The second-order valence-electron chi connectivity index (χ2n) is 6.79. The molecule has 2 aromatic carbocycles. The van der Waals surface area contributed by atoms with E-state index in [4.69, 9.17) is 9.47 Å². The van der Waals surface area contributed by atoms with Crippen molar-refractivity contribution < 1.29 is 17.9 Å². The maximum absolute atomic E-state index is 12.9. The maximum Gasteiger partial charge on any atom is 0.241 e. The largest absolute Gasteiger partial charge is 0.493 e. The second kappa shape index (κ2) is 8.31. The molecule has 0 heterocycles. The highest BCUT2D eigenvalue weighted by Gasteiger charge is 2.23. The smallest absolute Gasteiger partial charge is 0.241 e. The molecule has 0 bridgehead atoms. The summed E-state index contributed by atoms with van der Waals surface area (Å²) < 4.78 is 39.2. The Morgan fingerprint density at radius 1 is 0.815 bits per heavy atom. The number of sulfonamides is 1. The lowest BCUT2D eigenvalue weighted by Gasteiger charge is -2.19. The van der Waals surface area contributed by atoms with Gasteiger partial charge in [0.1, 0.15) is 0 Å². The van der Waals surface area contributed by atoms with E-state index in [0.29, 0.717) is 29.4 Å². The molecule has 148 valence electrons. The Kier molecular flexibility index (Phi) is 6.54. The Hall–Kier alpha value is -2.05. The van der Waals surface area contributed by atoms with Gasteiger partial charge in [0.15, 0.2) is 11.5 Å². The average molecular weight is 392 g/mol. The highest BCUT2D eigenvalue weighted by molar-refractivity contribution is 7.89. The molecule has 0 atom stereocenters. The summed E-state index contributed by atoms with van der Waals surface area (Å²) in [5.41, 5.74) is 5.80. The summed E-state index contributed by atoms with van der Waals surface area (Å²) in [6, 6.07) is 5.60. The molecular weight excluding hydrogens is 362 g/mol. The third kappa shape index (κ3) is 4.28. The van der Waals surface area contributed by atoms with Crippen LogP contribution in [-0.2, 0) is 16.4 Å². The van der Waals surface area contributed by atoms with Crippen LogP contribution < -0.4 is 14.2 Å². The molecule has 0 saturated heterocycles. The van der Waals surface area contributed by atoms with E-state index in [1.165, 1.54) is 0 Å². The van der Waals surface area contributed by atoms with Crippen molar-refractivity contribution in [1.82, 2.24) is 4.72 Å². The third-order valence-electron chi connectivity index (χ3n) is 5.35. The zero-order chi connectivity index (χ0) is 20.4. The normalized spacial score (nSPS) is 11.5. The Morgan fingerprint density at radius 3 is 1.85 bits per heavy atom. The second-order valence-corrected chi connectivity index (χ2v) is 8.50. The molecule has 0 aliphatic heterocycles. The van der Waals surface area contributed by atoms with Crippen LogP contribution in [0.15, 0.2) is 23.1 Å². The van der Waals surface area contributed by atoms with Crippen LogP contribution in [0, 0.1) is 34.6 Å². The summed E-state index contributed by atoms with van der Waals surface area (Å²) in [5, 5.41) is 0. The summed E-state index contributed by atoms with van der Waals surface area (Å²) in [4.78, 5) is 0.399. The molecule has 5 nitrogen and oxygen atoms in total. The Labute approximate surface area is 162 Å². The van der Waals surface area contributed by atoms with Crippen molar-refractivity contribution in [3.05, 3.63) is 51.6 Å². The van der Waals surface area contributed by atoms with Crippen molar-refractivity contribution in [2.75, 3.05) is 20.8 Å². The van der Waals surface area contributed by atoms with Crippen molar-refractivity contribution in [3.8, 4) is 11.5 Å². The molecule has 0 amide bonds. The highest BCUT2D eigenvalue weighted by Crippen LogP contribution is 2.30. The molecule has 0 unspecified atom stereocenters. The minimum Gasteiger partial charge on any atom is -0.493 e. The molecule has 0 aliphatic carbocycles. The fourth-order valence-electron chi connectivity index (χ4n) is 3.31. The van der Waals surface area contributed by atoms with Gasteiger partial charge in [-0.15, -0.1) is 0 Å². The van der Waals surface area contributed by atoms with Gasteiger partial charge < -0.3 is 9.47 Å². The van der Waals surface area contributed by atoms with Gasteiger partial charge in [0.05, 0.1) is 19.1 Å². The number of methoxy groups -OCH3 is 2. The number of hydrogen-bond acceptors (Lipinski definition) is 4. The predicted octanol–water partition coefficient (Wildman–Crippen LogP) is 3.77. The molecule has 6 heteroatoms. The Balaban J connectivity index is 2.22. The first-order chi connectivity index (χ1) is 12.6. The minimum atomic E-state index is -3.59. The summed E-state index contributed by atoms with van der Waals surface area (Å²) >= 11 is 0. The predicted molar refractivity (Wildman–Crippen MR) is 109 cm³/mol. The molecule has 1 N–H and O–H groups in total. The van der Waals surface area contributed by atoms with Crippen molar-refractivity contribution in [2.45, 2.75) is 45.9 Å². The minimum absolute atomic E-state index is 0.308. The van der Waals surface area contributed by atoms with Gasteiger partial charge >= 0.3 is 0 Å². The van der Waals surface area contributed by atoms with Crippen LogP contribution in [0.1, 0.15) is 33.4 Å². The Morgan fingerprint density at radius 2 is 1.33 bits per heavy atom. The van der Waals surface area contributed by atoms with Crippen LogP contribution in [0.25, 0.3) is 0 Å². The van der Waals surface area contributed by atoms with E-state index in [0.717, 1.165) is 33.4 Å². The molecule has 2 rings (SSSR count). The maximum atomic E-state index is 12.9. The van der Waals surface area contributed by atoms with Crippen LogP contribution in [0.3, 0.4) is 0 Å². The van der Waals surface area contributed by atoms with E-state index in [-0.39, 0.29) is 0 Å². The van der Waals surface area contributed by atoms with E-state index >= 15 is 0 Å². The van der Waals surface area contributed by atoms with Crippen molar-refractivity contribution in [2.24, 2.45) is 0 Å². The van der Waals surface area contributed by atoms with E-state index in [9.17, 15) is 8.42 Å². The molecule has 27 heavy (non-hydrogen) atoms.